The summed E-state index contributed by atoms with van der Waals surface area (Å²) in [7, 11) is 1.61. The van der Waals surface area contributed by atoms with Crippen LogP contribution < -0.4 is 5.32 Å². The second-order valence-electron chi connectivity index (χ2n) is 4.35. The molecule has 0 saturated carbocycles. The van der Waals surface area contributed by atoms with Crippen molar-refractivity contribution >= 4 is 5.91 Å². The summed E-state index contributed by atoms with van der Waals surface area (Å²) in [6.07, 6.45) is 10.0. The lowest BCUT2D eigenvalue weighted by molar-refractivity contribution is 0.0958. The van der Waals surface area contributed by atoms with Crippen LogP contribution in [0.3, 0.4) is 0 Å². The predicted molar refractivity (Wildman–Crippen MR) is 66.7 cm³/mol. The Labute approximate surface area is 101 Å². The molecule has 1 aromatic heterocycles. The summed E-state index contributed by atoms with van der Waals surface area (Å²) in [6.45, 7) is 2.96. The van der Waals surface area contributed by atoms with E-state index in [2.05, 4.69) is 29.4 Å². The standard InChI is InChI=1S/C13H17N3O/c1-10-3-5-11(6-4-10)7-16-8-12(15-9-16)13(17)14-2/h3,5,8-9H,4,6-7H2,1-2H3,(H,14,17). The highest BCUT2D eigenvalue weighted by atomic mass is 16.1. The second-order valence-corrected chi connectivity index (χ2v) is 4.35. The summed E-state index contributed by atoms with van der Waals surface area (Å²) >= 11 is 0. The fourth-order valence-corrected chi connectivity index (χ4v) is 1.84. The number of imidazole rings is 1. The lowest BCUT2D eigenvalue weighted by Crippen LogP contribution is -2.18. The molecule has 0 fully saturated rings. The number of allylic oxidation sites excluding steroid dienone is 4. The van der Waals surface area contributed by atoms with Crippen LogP contribution >= 0.6 is 0 Å². The highest BCUT2D eigenvalue weighted by Crippen LogP contribution is 2.19. The number of hydrogen-bond donors (Lipinski definition) is 1. The second kappa shape index (κ2) is 4.99. The van der Waals surface area contributed by atoms with E-state index in [0.717, 1.165) is 19.4 Å². The van der Waals surface area contributed by atoms with Crippen LogP contribution in [0.5, 0.6) is 0 Å². The molecule has 1 amide bonds. The summed E-state index contributed by atoms with van der Waals surface area (Å²) in [5, 5.41) is 2.57. The zero-order valence-corrected chi connectivity index (χ0v) is 10.2. The van der Waals surface area contributed by atoms with Crippen LogP contribution in [-0.4, -0.2) is 22.5 Å². The summed E-state index contributed by atoms with van der Waals surface area (Å²) in [5.41, 5.74) is 3.26. The van der Waals surface area contributed by atoms with Crippen molar-refractivity contribution in [2.24, 2.45) is 0 Å². The Morgan fingerprint density at radius 2 is 2.29 bits per heavy atom. The molecule has 0 unspecified atom stereocenters. The first-order chi connectivity index (χ1) is 8.19. The minimum absolute atomic E-state index is 0.142. The molecule has 0 aromatic carbocycles. The molecule has 0 radical (unpaired) electrons. The van der Waals surface area contributed by atoms with Crippen LogP contribution in [0, 0.1) is 0 Å². The lowest BCUT2D eigenvalue weighted by atomic mass is 10.00. The third-order valence-electron chi connectivity index (χ3n) is 2.92. The third kappa shape index (κ3) is 2.84. The van der Waals surface area contributed by atoms with Crippen LogP contribution in [0.2, 0.25) is 0 Å². The van der Waals surface area contributed by atoms with Gasteiger partial charge >= 0.3 is 0 Å². The normalized spacial score (nSPS) is 15.2. The summed E-state index contributed by atoms with van der Waals surface area (Å²) in [6, 6.07) is 0. The SMILES string of the molecule is CNC(=O)c1cn(CC2=CC=C(C)CC2)cn1. The molecule has 2 rings (SSSR count). The van der Waals surface area contributed by atoms with Gasteiger partial charge in [0.25, 0.3) is 5.91 Å². The Morgan fingerprint density at radius 1 is 1.47 bits per heavy atom. The number of aromatic nitrogens is 2. The van der Waals surface area contributed by atoms with Gasteiger partial charge in [-0.15, -0.1) is 0 Å². The summed E-state index contributed by atoms with van der Waals surface area (Å²) < 4.78 is 1.95. The number of amides is 1. The average molecular weight is 231 g/mol. The van der Waals surface area contributed by atoms with Crippen molar-refractivity contribution in [3.05, 3.63) is 41.5 Å². The van der Waals surface area contributed by atoms with Crippen molar-refractivity contribution in [2.75, 3.05) is 7.05 Å². The van der Waals surface area contributed by atoms with E-state index >= 15 is 0 Å². The molecule has 1 aromatic rings. The van der Waals surface area contributed by atoms with E-state index in [1.165, 1.54) is 11.1 Å². The zero-order valence-electron chi connectivity index (χ0n) is 10.2. The minimum Gasteiger partial charge on any atom is -0.354 e. The Hall–Kier alpha value is -1.84. The fraction of sp³-hybridized carbons (Fsp3) is 0.385. The van der Waals surface area contributed by atoms with Gasteiger partial charge in [0.05, 0.1) is 6.33 Å². The Kier molecular flexibility index (Phi) is 3.42. The molecule has 4 heteroatoms. The van der Waals surface area contributed by atoms with E-state index < -0.39 is 0 Å². The highest BCUT2D eigenvalue weighted by molar-refractivity contribution is 5.91. The van der Waals surface area contributed by atoms with Gasteiger partial charge in [0.1, 0.15) is 5.69 Å². The maximum atomic E-state index is 11.4. The molecule has 1 heterocycles. The zero-order chi connectivity index (χ0) is 12.3. The first kappa shape index (κ1) is 11.6. The van der Waals surface area contributed by atoms with E-state index in [4.69, 9.17) is 0 Å². The Balaban J connectivity index is 2.05. The number of hydrogen-bond acceptors (Lipinski definition) is 2. The summed E-state index contributed by atoms with van der Waals surface area (Å²) in [4.78, 5) is 15.4. The van der Waals surface area contributed by atoms with Crippen LogP contribution in [-0.2, 0) is 6.54 Å². The van der Waals surface area contributed by atoms with Gasteiger partial charge in [-0.3, -0.25) is 4.79 Å². The largest absolute Gasteiger partial charge is 0.354 e. The number of carbonyl (C=O) groups is 1. The van der Waals surface area contributed by atoms with E-state index in [1.54, 1.807) is 19.6 Å². The minimum atomic E-state index is -0.142. The molecule has 0 spiro atoms. The molecule has 1 aliphatic rings. The van der Waals surface area contributed by atoms with Crippen molar-refractivity contribution in [1.29, 1.82) is 0 Å². The van der Waals surface area contributed by atoms with Gasteiger partial charge in [-0.1, -0.05) is 23.3 Å². The number of nitrogens with one attached hydrogen (secondary N) is 1. The van der Waals surface area contributed by atoms with Crippen molar-refractivity contribution in [1.82, 2.24) is 14.9 Å². The van der Waals surface area contributed by atoms with Crippen molar-refractivity contribution < 1.29 is 4.79 Å². The molecule has 1 aliphatic carbocycles. The van der Waals surface area contributed by atoms with Crippen molar-refractivity contribution in [3.8, 4) is 0 Å². The maximum Gasteiger partial charge on any atom is 0.271 e. The van der Waals surface area contributed by atoms with Crippen LogP contribution in [0.1, 0.15) is 30.3 Å². The predicted octanol–water partition coefficient (Wildman–Crippen LogP) is 1.91. The maximum absolute atomic E-state index is 11.4. The van der Waals surface area contributed by atoms with Crippen LogP contribution in [0.25, 0.3) is 0 Å². The molecule has 0 bridgehead atoms. The van der Waals surface area contributed by atoms with E-state index in [9.17, 15) is 4.79 Å². The van der Waals surface area contributed by atoms with E-state index in [0.29, 0.717) is 5.69 Å². The molecule has 90 valence electrons. The molecular weight excluding hydrogens is 214 g/mol. The third-order valence-corrected chi connectivity index (χ3v) is 2.92. The smallest absolute Gasteiger partial charge is 0.271 e. The Bertz CT molecular complexity index is 483. The van der Waals surface area contributed by atoms with E-state index in [-0.39, 0.29) is 5.91 Å². The molecule has 0 atom stereocenters. The van der Waals surface area contributed by atoms with E-state index in [1.807, 2.05) is 4.57 Å². The van der Waals surface area contributed by atoms with Gasteiger partial charge in [-0.2, -0.15) is 0 Å². The molecule has 1 N–H and O–H groups in total. The van der Waals surface area contributed by atoms with Crippen molar-refractivity contribution in [2.45, 2.75) is 26.3 Å². The average Bonchev–Trinajstić information content (AvgIpc) is 2.80. The highest BCUT2D eigenvalue weighted by Gasteiger charge is 2.08. The topological polar surface area (TPSA) is 46.9 Å². The quantitative estimate of drug-likeness (QED) is 0.863. The first-order valence-electron chi connectivity index (χ1n) is 5.78. The monoisotopic (exact) mass is 231 g/mol. The molecule has 0 aliphatic heterocycles. The Morgan fingerprint density at radius 3 is 2.94 bits per heavy atom. The molecule has 17 heavy (non-hydrogen) atoms. The lowest BCUT2D eigenvalue weighted by Gasteiger charge is -2.12. The van der Waals surface area contributed by atoms with Gasteiger partial charge < -0.3 is 9.88 Å². The molecular formula is C13H17N3O. The van der Waals surface area contributed by atoms with Gasteiger partial charge in [-0.05, 0) is 19.8 Å². The number of carbonyl (C=O) groups excluding carboxylic acids is 1. The molecule has 0 saturated heterocycles. The first-order valence-corrected chi connectivity index (χ1v) is 5.78. The molecule has 4 nitrogen and oxygen atoms in total. The number of nitrogens with zero attached hydrogens (tertiary/aromatic N) is 2. The van der Waals surface area contributed by atoms with Gasteiger partial charge in [-0.25, -0.2) is 4.98 Å². The van der Waals surface area contributed by atoms with Crippen LogP contribution in [0.4, 0.5) is 0 Å². The van der Waals surface area contributed by atoms with Gasteiger partial charge in [0.2, 0.25) is 0 Å². The van der Waals surface area contributed by atoms with Crippen LogP contribution in [0.15, 0.2) is 35.8 Å². The number of rotatable bonds is 3. The summed E-state index contributed by atoms with van der Waals surface area (Å²) in [5.74, 6) is -0.142. The van der Waals surface area contributed by atoms with Gasteiger partial charge in [0, 0.05) is 19.8 Å². The van der Waals surface area contributed by atoms with Crippen molar-refractivity contribution in [3.63, 3.8) is 0 Å². The van der Waals surface area contributed by atoms with Gasteiger partial charge in [0.15, 0.2) is 0 Å². The fourth-order valence-electron chi connectivity index (χ4n) is 1.84.